The summed E-state index contributed by atoms with van der Waals surface area (Å²) in [5.41, 5.74) is 2.77. The van der Waals surface area contributed by atoms with Gasteiger partial charge >= 0.3 is 0 Å². The van der Waals surface area contributed by atoms with Crippen LogP contribution in [0, 0.1) is 0 Å². The fourth-order valence-electron chi connectivity index (χ4n) is 3.08. The molecule has 1 aliphatic heterocycles. The number of hydrogen-bond acceptors (Lipinski definition) is 4. The molecule has 122 valence electrons. The third-order valence-corrected chi connectivity index (χ3v) is 4.33. The van der Waals surface area contributed by atoms with Gasteiger partial charge in [0.1, 0.15) is 0 Å². The predicted octanol–water partition coefficient (Wildman–Crippen LogP) is 2.28. The predicted molar refractivity (Wildman–Crippen MR) is 94.6 cm³/mol. The summed E-state index contributed by atoms with van der Waals surface area (Å²) in [6.45, 7) is 3.21. The van der Waals surface area contributed by atoms with Crippen molar-refractivity contribution in [3.05, 3.63) is 70.5 Å². The van der Waals surface area contributed by atoms with Gasteiger partial charge in [-0.1, -0.05) is 42.5 Å². The van der Waals surface area contributed by atoms with E-state index in [1.165, 1.54) is 0 Å². The first kappa shape index (κ1) is 14.9. The molecule has 24 heavy (non-hydrogen) atoms. The van der Waals surface area contributed by atoms with Crippen molar-refractivity contribution in [2.75, 3.05) is 31.2 Å². The standard InChI is InChI=1S/C19H19N3O2/c23-19-18(21-10-12-24-13-11-21)20-16-8-4-5-9-17(16)22(19)14-15-6-2-1-3-7-15/h1-9H,10-14H2. The van der Waals surface area contributed by atoms with E-state index in [-0.39, 0.29) is 5.56 Å². The number of fused-ring (bicyclic) bond motifs is 1. The first-order chi connectivity index (χ1) is 11.8. The number of para-hydroxylation sites is 2. The summed E-state index contributed by atoms with van der Waals surface area (Å²) in [5.74, 6) is 0.521. The molecule has 4 rings (SSSR count). The maximum atomic E-state index is 13.1. The van der Waals surface area contributed by atoms with E-state index in [0.29, 0.717) is 38.7 Å². The molecule has 0 bridgehead atoms. The van der Waals surface area contributed by atoms with E-state index in [4.69, 9.17) is 4.74 Å². The van der Waals surface area contributed by atoms with Gasteiger partial charge in [-0.05, 0) is 17.7 Å². The minimum Gasteiger partial charge on any atom is -0.378 e. The Hall–Kier alpha value is -2.66. The lowest BCUT2D eigenvalue weighted by molar-refractivity contribution is 0.122. The molecule has 1 aliphatic rings. The van der Waals surface area contributed by atoms with E-state index in [1.54, 1.807) is 0 Å². The number of aromatic nitrogens is 2. The third kappa shape index (κ3) is 2.78. The maximum absolute atomic E-state index is 13.1. The minimum atomic E-state index is -0.0422. The lowest BCUT2D eigenvalue weighted by Gasteiger charge is -2.28. The van der Waals surface area contributed by atoms with E-state index in [2.05, 4.69) is 4.98 Å². The highest BCUT2D eigenvalue weighted by atomic mass is 16.5. The van der Waals surface area contributed by atoms with Crippen LogP contribution in [0.1, 0.15) is 5.56 Å². The van der Waals surface area contributed by atoms with Crippen LogP contribution < -0.4 is 10.5 Å². The van der Waals surface area contributed by atoms with Crippen molar-refractivity contribution in [2.45, 2.75) is 6.54 Å². The van der Waals surface area contributed by atoms with Gasteiger partial charge < -0.3 is 9.64 Å². The van der Waals surface area contributed by atoms with Crippen molar-refractivity contribution >= 4 is 16.9 Å². The summed E-state index contributed by atoms with van der Waals surface area (Å²) in [6.07, 6.45) is 0. The lowest BCUT2D eigenvalue weighted by atomic mass is 10.2. The smallest absolute Gasteiger partial charge is 0.294 e. The molecule has 0 N–H and O–H groups in total. The van der Waals surface area contributed by atoms with Crippen molar-refractivity contribution < 1.29 is 4.74 Å². The van der Waals surface area contributed by atoms with Gasteiger partial charge in [0, 0.05) is 13.1 Å². The van der Waals surface area contributed by atoms with Crippen molar-refractivity contribution in [1.82, 2.24) is 9.55 Å². The van der Waals surface area contributed by atoms with Gasteiger partial charge in [0.2, 0.25) is 0 Å². The van der Waals surface area contributed by atoms with Crippen LogP contribution in [0.2, 0.25) is 0 Å². The molecule has 0 spiro atoms. The van der Waals surface area contributed by atoms with E-state index < -0.39 is 0 Å². The Kier molecular flexibility index (Phi) is 4.01. The molecule has 1 aromatic heterocycles. The summed E-state index contributed by atoms with van der Waals surface area (Å²) in [7, 11) is 0. The Balaban J connectivity index is 1.86. The molecule has 0 radical (unpaired) electrons. The highest BCUT2D eigenvalue weighted by Gasteiger charge is 2.19. The third-order valence-electron chi connectivity index (χ3n) is 4.33. The number of ether oxygens (including phenoxy) is 1. The summed E-state index contributed by atoms with van der Waals surface area (Å²) in [6, 6.07) is 17.9. The van der Waals surface area contributed by atoms with Gasteiger partial charge in [-0.15, -0.1) is 0 Å². The van der Waals surface area contributed by atoms with Crippen LogP contribution in [-0.2, 0) is 11.3 Å². The minimum absolute atomic E-state index is 0.0422. The van der Waals surface area contributed by atoms with Gasteiger partial charge in [-0.2, -0.15) is 0 Å². The monoisotopic (exact) mass is 321 g/mol. The van der Waals surface area contributed by atoms with Gasteiger partial charge in [0.15, 0.2) is 5.82 Å². The molecule has 3 aromatic rings. The van der Waals surface area contributed by atoms with Gasteiger partial charge in [0.25, 0.3) is 5.56 Å². The molecule has 0 unspecified atom stereocenters. The largest absolute Gasteiger partial charge is 0.378 e. The van der Waals surface area contributed by atoms with Gasteiger partial charge in [-0.25, -0.2) is 4.98 Å². The Labute approximate surface area is 140 Å². The Bertz CT molecular complexity index is 899. The summed E-state index contributed by atoms with van der Waals surface area (Å²) in [4.78, 5) is 19.8. The lowest BCUT2D eigenvalue weighted by Crippen LogP contribution is -2.41. The molecule has 0 saturated carbocycles. The molecular weight excluding hydrogens is 302 g/mol. The fourth-order valence-corrected chi connectivity index (χ4v) is 3.08. The molecule has 5 heteroatoms. The zero-order valence-electron chi connectivity index (χ0n) is 13.4. The molecule has 2 heterocycles. The average molecular weight is 321 g/mol. The number of hydrogen-bond donors (Lipinski definition) is 0. The van der Waals surface area contributed by atoms with Crippen molar-refractivity contribution in [1.29, 1.82) is 0 Å². The molecule has 0 amide bonds. The Morgan fingerprint density at radius 1 is 0.958 bits per heavy atom. The quantitative estimate of drug-likeness (QED) is 0.742. The summed E-state index contributed by atoms with van der Waals surface area (Å²) < 4.78 is 7.22. The number of benzene rings is 2. The number of rotatable bonds is 3. The SMILES string of the molecule is O=c1c(N2CCOCC2)nc2ccccc2n1Cc1ccccc1. The van der Waals surface area contributed by atoms with Crippen LogP contribution in [0.4, 0.5) is 5.82 Å². The number of morpholine rings is 1. The van der Waals surface area contributed by atoms with E-state index in [9.17, 15) is 4.79 Å². The maximum Gasteiger partial charge on any atom is 0.294 e. The van der Waals surface area contributed by atoms with E-state index in [1.807, 2.05) is 64.1 Å². The molecule has 0 aliphatic carbocycles. The molecular formula is C19H19N3O2. The molecule has 0 atom stereocenters. The van der Waals surface area contributed by atoms with Crippen LogP contribution in [0.25, 0.3) is 11.0 Å². The van der Waals surface area contributed by atoms with Crippen LogP contribution in [0.3, 0.4) is 0 Å². The van der Waals surface area contributed by atoms with Crippen LogP contribution >= 0.6 is 0 Å². The zero-order chi connectivity index (χ0) is 16.4. The molecule has 1 saturated heterocycles. The molecule has 5 nitrogen and oxygen atoms in total. The number of nitrogens with zero attached hydrogens (tertiary/aromatic N) is 3. The Morgan fingerprint density at radius 3 is 2.46 bits per heavy atom. The van der Waals surface area contributed by atoms with Crippen LogP contribution in [0.5, 0.6) is 0 Å². The average Bonchev–Trinajstić information content (AvgIpc) is 2.65. The van der Waals surface area contributed by atoms with Gasteiger partial charge in [0.05, 0.1) is 30.8 Å². The highest BCUT2D eigenvalue weighted by Crippen LogP contribution is 2.16. The second-order valence-corrected chi connectivity index (χ2v) is 5.90. The summed E-state index contributed by atoms with van der Waals surface area (Å²) >= 11 is 0. The second kappa shape index (κ2) is 6.45. The molecule has 1 fully saturated rings. The van der Waals surface area contributed by atoms with Crippen LogP contribution in [0.15, 0.2) is 59.4 Å². The first-order valence-electron chi connectivity index (χ1n) is 8.19. The topological polar surface area (TPSA) is 47.4 Å². The van der Waals surface area contributed by atoms with Crippen LogP contribution in [-0.4, -0.2) is 35.9 Å². The van der Waals surface area contributed by atoms with Crippen molar-refractivity contribution in [3.8, 4) is 0 Å². The first-order valence-corrected chi connectivity index (χ1v) is 8.19. The van der Waals surface area contributed by atoms with Gasteiger partial charge in [-0.3, -0.25) is 9.36 Å². The molecule has 2 aromatic carbocycles. The van der Waals surface area contributed by atoms with Crippen molar-refractivity contribution in [3.63, 3.8) is 0 Å². The zero-order valence-corrected chi connectivity index (χ0v) is 13.4. The van der Waals surface area contributed by atoms with Crippen molar-refractivity contribution in [2.24, 2.45) is 0 Å². The highest BCUT2D eigenvalue weighted by molar-refractivity contribution is 5.76. The Morgan fingerprint density at radius 2 is 1.67 bits per heavy atom. The fraction of sp³-hybridized carbons (Fsp3) is 0.263. The second-order valence-electron chi connectivity index (χ2n) is 5.90. The normalized spacial score (nSPS) is 14.9. The number of anilines is 1. The van der Waals surface area contributed by atoms with E-state index >= 15 is 0 Å². The van der Waals surface area contributed by atoms with E-state index in [0.717, 1.165) is 16.6 Å². The summed E-state index contributed by atoms with van der Waals surface area (Å²) in [5, 5.41) is 0.